The summed E-state index contributed by atoms with van der Waals surface area (Å²) >= 11 is 0. The molecule has 2 aliphatic carbocycles. The Morgan fingerprint density at radius 3 is 1.94 bits per heavy atom. The Morgan fingerprint density at radius 1 is 0.500 bits per heavy atom. The minimum absolute atomic E-state index is 0.435. The maximum absolute atomic E-state index is 5.26. The summed E-state index contributed by atoms with van der Waals surface area (Å²) in [5, 5.41) is 6.29. The predicted molar refractivity (Wildman–Crippen MR) is 206 cm³/mol. The lowest BCUT2D eigenvalue weighted by molar-refractivity contribution is 0.409. The molecule has 0 aliphatic heterocycles. The molecule has 0 atom stereocenters. The molecule has 0 bridgehead atoms. The Kier molecular flexibility index (Phi) is 7.25. The quantitative estimate of drug-likeness (QED) is 0.186. The summed E-state index contributed by atoms with van der Waals surface area (Å²) in [6.45, 7) is 0. The van der Waals surface area contributed by atoms with Crippen molar-refractivity contribution in [3.63, 3.8) is 0 Å². The standard InChI is InChI=1S/C45H41N5/c1-4-13-31(14-5-1)43-46-44(32-15-6-2-7-16-32)48-45(47-43)33-17-12-20-35(29-33)50-40-22-11-10-21-36(40)37-25-23-30-24-26-39-38(41(30)42(37)50)27-28-49(39)34-18-8-3-9-19-34/h3,8-12,17-29,31-32H,1-2,4-7,13-16H2. The zero-order valence-corrected chi connectivity index (χ0v) is 28.4. The third-order valence-corrected chi connectivity index (χ3v) is 11.5. The van der Waals surface area contributed by atoms with Crippen LogP contribution in [0.3, 0.4) is 0 Å². The highest BCUT2D eigenvalue weighted by molar-refractivity contribution is 6.25. The number of hydrogen-bond acceptors (Lipinski definition) is 3. The summed E-state index contributed by atoms with van der Waals surface area (Å²) in [4.78, 5) is 15.7. The fourth-order valence-electron chi connectivity index (χ4n) is 8.98. The second-order valence-corrected chi connectivity index (χ2v) is 14.5. The summed E-state index contributed by atoms with van der Waals surface area (Å²) < 4.78 is 4.77. The molecule has 0 saturated heterocycles. The molecular formula is C45H41N5. The fraction of sp³-hybridized carbons (Fsp3) is 0.267. The molecule has 0 amide bonds. The second kappa shape index (κ2) is 12.2. The third-order valence-electron chi connectivity index (χ3n) is 11.5. The molecule has 0 N–H and O–H groups in total. The Morgan fingerprint density at radius 2 is 1.18 bits per heavy atom. The molecule has 0 unspecified atom stereocenters. The minimum Gasteiger partial charge on any atom is -0.317 e. The van der Waals surface area contributed by atoms with E-state index in [1.54, 1.807) is 0 Å². The fourth-order valence-corrected chi connectivity index (χ4v) is 8.98. The van der Waals surface area contributed by atoms with E-state index in [4.69, 9.17) is 15.0 Å². The van der Waals surface area contributed by atoms with E-state index < -0.39 is 0 Å². The first-order valence-corrected chi connectivity index (χ1v) is 18.7. The van der Waals surface area contributed by atoms with Crippen molar-refractivity contribution in [2.75, 3.05) is 0 Å². The van der Waals surface area contributed by atoms with Crippen LogP contribution in [0.15, 0.2) is 115 Å². The van der Waals surface area contributed by atoms with Gasteiger partial charge in [-0.25, -0.2) is 15.0 Å². The number of aromatic nitrogens is 5. The SMILES string of the molecule is c1ccc(-n2ccc3c4c(ccc5c6ccccc6n(-c6cccc(-c7nc(C8CCCCC8)nc(C8CCCCC8)n7)c6)c54)ccc32)cc1. The monoisotopic (exact) mass is 651 g/mol. The Bertz CT molecular complexity index is 2480. The molecular weight excluding hydrogens is 611 g/mol. The van der Waals surface area contributed by atoms with Crippen molar-refractivity contribution < 1.29 is 0 Å². The maximum atomic E-state index is 5.26. The van der Waals surface area contributed by atoms with Crippen molar-refractivity contribution in [2.24, 2.45) is 0 Å². The molecule has 50 heavy (non-hydrogen) atoms. The number of hydrogen-bond donors (Lipinski definition) is 0. The normalized spacial score (nSPS) is 16.2. The number of rotatable bonds is 5. The highest BCUT2D eigenvalue weighted by Crippen LogP contribution is 2.41. The van der Waals surface area contributed by atoms with E-state index in [-0.39, 0.29) is 0 Å². The van der Waals surface area contributed by atoms with Gasteiger partial charge < -0.3 is 9.13 Å². The van der Waals surface area contributed by atoms with Gasteiger partial charge in [-0.2, -0.15) is 0 Å². The first-order valence-electron chi connectivity index (χ1n) is 18.7. The summed E-state index contributed by atoms with van der Waals surface area (Å²) in [6, 6.07) is 39.8. The molecule has 0 spiro atoms. The molecule has 5 nitrogen and oxygen atoms in total. The number of para-hydroxylation sites is 2. The number of nitrogens with zero attached hydrogens (tertiary/aromatic N) is 5. The van der Waals surface area contributed by atoms with Gasteiger partial charge in [0.25, 0.3) is 0 Å². The molecule has 3 aromatic heterocycles. The summed E-state index contributed by atoms with van der Waals surface area (Å²) in [5.41, 5.74) is 6.99. The average Bonchev–Trinajstić information content (AvgIpc) is 3.79. The lowest BCUT2D eigenvalue weighted by Crippen LogP contribution is -2.16. The summed E-state index contributed by atoms with van der Waals surface area (Å²) in [5.74, 6) is 3.74. The van der Waals surface area contributed by atoms with Crippen LogP contribution in [0, 0.1) is 0 Å². The highest BCUT2D eigenvalue weighted by atomic mass is 15.0. The smallest absolute Gasteiger partial charge is 0.163 e. The van der Waals surface area contributed by atoms with Gasteiger partial charge in [0, 0.05) is 56.5 Å². The van der Waals surface area contributed by atoms with Crippen LogP contribution in [0.5, 0.6) is 0 Å². The molecule has 2 aliphatic rings. The first-order chi connectivity index (χ1) is 24.8. The first kappa shape index (κ1) is 29.6. The third kappa shape index (κ3) is 4.93. The van der Waals surface area contributed by atoms with Crippen LogP contribution in [-0.4, -0.2) is 24.1 Å². The summed E-state index contributed by atoms with van der Waals surface area (Å²) in [6.07, 6.45) is 14.7. The van der Waals surface area contributed by atoms with Crippen LogP contribution in [0.1, 0.15) is 87.7 Å². The minimum atomic E-state index is 0.435. The zero-order valence-electron chi connectivity index (χ0n) is 28.4. The van der Waals surface area contributed by atoms with Crippen molar-refractivity contribution in [2.45, 2.75) is 76.0 Å². The summed E-state index contributed by atoms with van der Waals surface area (Å²) in [7, 11) is 0. The Hall–Kier alpha value is -5.29. The van der Waals surface area contributed by atoms with E-state index in [2.05, 4.69) is 125 Å². The van der Waals surface area contributed by atoms with Crippen LogP contribution in [0.25, 0.3) is 66.2 Å². The van der Waals surface area contributed by atoms with Gasteiger partial charge in [-0.05, 0) is 73.5 Å². The van der Waals surface area contributed by atoms with E-state index in [9.17, 15) is 0 Å². The van der Waals surface area contributed by atoms with Crippen LogP contribution in [0.4, 0.5) is 0 Å². The highest BCUT2D eigenvalue weighted by Gasteiger charge is 2.25. The molecule has 3 heterocycles. The molecule has 2 saturated carbocycles. The van der Waals surface area contributed by atoms with Gasteiger partial charge in [0.2, 0.25) is 0 Å². The lowest BCUT2D eigenvalue weighted by Gasteiger charge is -2.24. The number of fused-ring (bicyclic) bond motifs is 7. The van der Waals surface area contributed by atoms with E-state index in [0.717, 1.165) is 28.7 Å². The molecule has 246 valence electrons. The molecule has 2 fully saturated rings. The molecule has 10 rings (SSSR count). The second-order valence-electron chi connectivity index (χ2n) is 14.5. The van der Waals surface area contributed by atoms with Gasteiger partial charge in [-0.15, -0.1) is 0 Å². The van der Waals surface area contributed by atoms with Crippen molar-refractivity contribution in [1.29, 1.82) is 0 Å². The van der Waals surface area contributed by atoms with Crippen LogP contribution in [0.2, 0.25) is 0 Å². The van der Waals surface area contributed by atoms with Crippen LogP contribution >= 0.6 is 0 Å². The zero-order chi connectivity index (χ0) is 33.0. The van der Waals surface area contributed by atoms with Crippen LogP contribution < -0.4 is 0 Å². The van der Waals surface area contributed by atoms with E-state index in [1.807, 2.05) is 0 Å². The van der Waals surface area contributed by atoms with Gasteiger partial charge in [-0.1, -0.05) is 105 Å². The van der Waals surface area contributed by atoms with Gasteiger partial charge in [-0.3, -0.25) is 0 Å². The van der Waals surface area contributed by atoms with Crippen LogP contribution in [-0.2, 0) is 0 Å². The molecule has 5 heteroatoms. The lowest BCUT2D eigenvalue weighted by atomic mass is 9.87. The van der Waals surface area contributed by atoms with E-state index in [1.165, 1.54) is 113 Å². The molecule has 5 aromatic carbocycles. The van der Waals surface area contributed by atoms with Gasteiger partial charge in [0.1, 0.15) is 11.6 Å². The van der Waals surface area contributed by atoms with Crippen molar-refractivity contribution in [3.8, 4) is 22.8 Å². The van der Waals surface area contributed by atoms with Crippen molar-refractivity contribution >= 4 is 43.5 Å². The van der Waals surface area contributed by atoms with E-state index in [0.29, 0.717) is 11.8 Å². The Labute approximate surface area is 292 Å². The van der Waals surface area contributed by atoms with Gasteiger partial charge in [0.05, 0.1) is 16.6 Å². The molecule has 0 radical (unpaired) electrons. The van der Waals surface area contributed by atoms with Gasteiger partial charge >= 0.3 is 0 Å². The maximum Gasteiger partial charge on any atom is 0.163 e. The van der Waals surface area contributed by atoms with Crippen molar-refractivity contribution in [3.05, 3.63) is 127 Å². The Balaban J connectivity index is 1.19. The molecule has 8 aromatic rings. The largest absolute Gasteiger partial charge is 0.317 e. The predicted octanol–water partition coefficient (Wildman–Crippen LogP) is 11.8. The average molecular weight is 652 g/mol. The number of benzene rings is 5. The topological polar surface area (TPSA) is 48.5 Å². The van der Waals surface area contributed by atoms with E-state index >= 15 is 0 Å². The van der Waals surface area contributed by atoms with Crippen molar-refractivity contribution in [1.82, 2.24) is 24.1 Å². The van der Waals surface area contributed by atoms with Gasteiger partial charge in [0.15, 0.2) is 5.82 Å².